The van der Waals surface area contributed by atoms with Crippen LogP contribution in [0.2, 0.25) is 10.0 Å². The van der Waals surface area contributed by atoms with Crippen molar-refractivity contribution in [1.29, 1.82) is 0 Å². The highest BCUT2D eigenvalue weighted by molar-refractivity contribution is 9.10. The fraction of sp³-hybridized carbons (Fsp3) is 0. The monoisotopic (exact) mass is 376 g/mol. The second-order valence-electron chi connectivity index (χ2n) is 3.83. The summed E-state index contributed by atoms with van der Waals surface area (Å²) in [5, 5.41) is 5.82. The molecule has 0 spiro atoms. The molecule has 20 heavy (non-hydrogen) atoms. The minimum Gasteiger partial charge on any atom is -0.308 e. The van der Waals surface area contributed by atoms with Gasteiger partial charge < -0.3 is 10.6 Å². The van der Waals surface area contributed by atoms with Crippen molar-refractivity contribution in [3.05, 3.63) is 56.7 Å². The maximum atomic E-state index is 13.3. The molecule has 2 amide bonds. The van der Waals surface area contributed by atoms with E-state index >= 15 is 0 Å². The zero-order valence-electron chi connectivity index (χ0n) is 9.88. The summed E-state index contributed by atoms with van der Waals surface area (Å²) in [6, 6.07) is 8.41. The molecule has 0 aliphatic carbocycles. The summed E-state index contributed by atoms with van der Waals surface area (Å²) in [5.41, 5.74) is 0.690. The van der Waals surface area contributed by atoms with E-state index in [1.165, 1.54) is 18.2 Å². The van der Waals surface area contributed by atoms with Crippen molar-refractivity contribution in [2.24, 2.45) is 0 Å². The van der Waals surface area contributed by atoms with Gasteiger partial charge in [-0.2, -0.15) is 0 Å². The van der Waals surface area contributed by atoms with Gasteiger partial charge in [-0.25, -0.2) is 9.18 Å². The van der Waals surface area contributed by atoms with Gasteiger partial charge in [-0.05, 0) is 52.3 Å². The number of carbonyl (C=O) groups excluding carboxylic acids is 1. The first-order valence-corrected chi connectivity index (χ1v) is 6.99. The predicted octanol–water partition coefficient (Wildman–Crippen LogP) is 5.54. The molecule has 2 N–H and O–H groups in total. The molecule has 104 valence electrons. The normalized spacial score (nSPS) is 10.2. The summed E-state index contributed by atoms with van der Waals surface area (Å²) in [6.45, 7) is 0. The van der Waals surface area contributed by atoms with Crippen molar-refractivity contribution in [3.8, 4) is 0 Å². The maximum Gasteiger partial charge on any atom is 0.323 e. The maximum absolute atomic E-state index is 13.3. The van der Waals surface area contributed by atoms with Crippen molar-refractivity contribution < 1.29 is 9.18 Å². The van der Waals surface area contributed by atoms with Gasteiger partial charge in [-0.1, -0.05) is 23.2 Å². The molecule has 2 aromatic rings. The van der Waals surface area contributed by atoms with E-state index in [0.717, 1.165) is 0 Å². The largest absolute Gasteiger partial charge is 0.323 e. The minimum absolute atomic E-state index is 0.321. The van der Waals surface area contributed by atoms with Gasteiger partial charge in [0.25, 0.3) is 0 Å². The number of hydrogen-bond acceptors (Lipinski definition) is 1. The number of anilines is 2. The fourth-order valence-corrected chi connectivity index (χ4v) is 2.04. The number of benzene rings is 2. The highest BCUT2D eigenvalue weighted by Crippen LogP contribution is 2.25. The van der Waals surface area contributed by atoms with Crippen molar-refractivity contribution in [2.75, 3.05) is 10.6 Å². The molecule has 0 saturated carbocycles. The van der Waals surface area contributed by atoms with Crippen LogP contribution < -0.4 is 10.6 Å². The van der Waals surface area contributed by atoms with Crippen LogP contribution in [0.15, 0.2) is 40.9 Å². The molecule has 0 saturated heterocycles. The Morgan fingerprint density at radius 2 is 1.85 bits per heavy atom. The third kappa shape index (κ3) is 3.85. The molecule has 0 bridgehead atoms. The van der Waals surface area contributed by atoms with Crippen molar-refractivity contribution in [1.82, 2.24) is 0 Å². The third-order valence-electron chi connectivity index (χ3n) is 2.35. The van der Waals surface area contributed by atoms with E-state index in [4.69, 9.17) is 23.2 Å². The number of urea groups is 1. The molecular formula is C13H8BrCl2FN2O. The molecule has 2 aromatic carbocycles. The molecule has 0 aliphatic heterocycles. The number of amides is 2. The summed E-state index contributed by atoms with van der Waals surface area (Å²) >= 11 is 14.8. The van der Waals surface area contributed by atoms with Gasteiger partial charge in [-0.3, -0.25) is 0 Å². The van der Waals surface area contributed by atoms with E-state index in [-0.39, 0.29) is 0 Å². The van der Waals surface area contributed by atoms with Crippen LogP contribution in [0.3, 0.4) is 0 Å². The Morgan fingerprint density at radius 1 is 1.10 bits per heavy atom. The van der Waals surface area contributed by atoms with Crippen LogP contribution in [-0.4, -0.2) is 6.03 Å². The van der Waals surface area contributed by atoms with Gasteiger partial charge in [0.15, 0.2) is 0 Å². The van der Waals surface area contributed by atoms with E-state index in [1.807, 2.05) is 0 Å². The number of nitrogens with one attached hydrogen (secondary N) is 2. The van der Waals surface area contributed by atoms with Crippen LogP contribution in [0.25, 0.3) is 0 Å². The zero-order valence-corrected chi connectivity index (χ0v) is 13.0. The highest BCUT2D eigenvalue weighted by atomic mass is 79.9. The SMILES string of the molecule is O=C(Nc1ccc(Br)c(F)c1)Nc1cc(Cl)ccc1Cl. The summed E-state index contributed by atoms with van der Waals surface area (Å²) in [4.78, 5) is 11.8. The van der Waals surface area contributed by atoms with Crippen LogP contribution in [0.5, 0.6) is 0 Å². The second-order valence-corrected chi connectivity index (χ2v) is 5.53. The summed E-state index contributed by atoms with van der Waals surface area (Å²) < 4.78 is 13.6. The lowest BCUT2D eigenvalue weighted by Gasteiger charge is -2.09. The fourth-order valence-electron chi connectivity index (χ4n) is 1.45. The van der Waals surface area contributed by atoms with E-state index in [1.54, 1.807) is 18.2 Å². The van der Waals surface area contributed by atoms with Gasteiger partial charge in [0.2, 0.25) is 0 Å². The van der Waals surface area contributed by atoms with E-state index in [9.17, 15) is 9.18 Å². The lowest BCUT2D eigenvalue weighted by Crippen LogP contribution is -2.19. The summed E-state index contributed by atoms with van der Waals surface area (Å²) in [5.74, 6) is -0.469. The van der Waals surface area contributed by atoms with Gasteiger partial charge in [0.05, 0.1) is 15.2 Å². The van der Waals surface area contributed by atoms with Gasteiger partial charge in [-0.15, -0.1) is 0 Å². The van der Waals surface area contributed by atoms with Crippen LogP contribution >= 0.6 is 39.1 Å². The molecule has 0 heterocycles. The second kappa shape index (κ2) is 6.43. The van der Waals surface area contributed by atoms with E-state index in [2.05, 4.69) is 26.6 Å². The Bertz CT molecular complexity index is 667. The molecule has 0 atom stereocenters. The van der Waals surface area contributed by atoms with E-state index in [0.29, 0.717) is 25.9 Å². The number of hydrogen-bond donors (Lipinski definition) is 2. The molecule has 0 aromatic heterocycles. The Kier molecular flexibility index (Phi) is 4.86. The number of rotatable bonds is 2. The number of halogens is 4. The van der Waals surface area contributed by atoms with Crippen molar-refractivity contribution in [3.63, 3.8) is 0 Å². The molecular weight excluding hydrogens is 370 g/mol. The van der Waals surface area contributed by atoms with E-state index < -0.39 is 11.8 Å². The Hall–Kier alpha value is -1.30. The Morgan fingerprint density at radius 3 is 2.55 bits per heavy atom. The third-order valence-corrected chi connectivity index (χ3v) is 3.56. The lowest BCUT2D eigenvalue weighted by atomic mass is 10.3. The average molecular weight is 378 g/mol. The van der Waals surface area contributed by atoms with Gasteiger partial charge in [0, 0.05) is 10.7 Å². The molecule has 0 radical (unpaired) electrons. The first kappa shape index (κ1) is 15.1. The van der Waals surface area contributed by atoms with Crippen LogP contribution in [0, 0.1) is 5.82 Å². The molecule has 7 heteroatoms. The molecule has 0 unspecified atom stereocenters. The smallest absolute Gasteiger partial charge is 0.308 e. The highest BCUT2D eigenvalue weighted by Gasteiger charge is 2.08. The Labute approximate surface area is 133 Å². The van der Waals surface area contributed by atoms with Crippen LogP contribution in [-0.2, 0) is 0 Å². The molecule has 0 fully saturated rings. The van der Waals surface area contributed by atoms with Crippen LogP contribution in [0.1, 0.15) is 0 Å². The molecule has 0 aliphatic rings. The quantitative estimate of drug-likeness (QED) is 0.708. The number of carbonyl (C=O) groups is 1. The predicted molar refractivity (Wildman–Crippen MR) is 83.2 cm³/mol. The minimum atomic E-state index is -0.545. The first-order valence-electron chi connectivity index (χ1n) is 5.44. The lowest BCUT2D eigenvalue weighted by molar-refractivity contribution is 0.262. The van der Waals surface area contributed by atoms with Crippen molar-refractivity contribution in [2.45, 2.75) is 0 Å². The summed E-state index contributed by atoms with van der Waals surface area (Å²) in [6.07, 6.45) is 0. The average Bonchev–Trinajstić information content (AvgIpc) is 2.38. The van der Waals surface area contributed by atoms with Crippen LogP contribution in [0.4, 0.5) is 20.6 Å². The standard InChI is InChI=1S/C13H8BrCl2FN2O/c14-9-3-2-8(6-11(9)17)18-13(20)19-12-5-7(15)1-4-10(12)16/h1-6H,(H2,18,19,20). The van der Waals surface area contributed by atoms with Gasteiger partial charge >= 0.3 is 6.03 Å². The topological polar surface area (TPSA) is 41.1 Å². The summed E-state index contributed by atoms with van der Waals surface area (Å²) in [7, 11) is 0. The Balaban J connectivity index is 2.09. The zero-order chi connectivity index (χ0) is 14.7. The first-order chi connectivity index (χ1) is 9.45. The molecule has 3 nitrogen and oxygen atoms in total. The van der Waals surface area contributed by atoms with Gasteiger partial charge in [0.1, 0.15) is 5.82 Å². The molecule has 2 rings (SSSR count). The van der Waals surface area contributed by atoms with Crippen molar-refractivity contribution >= 4 is 56.5 Å².